The second-order valence-corrected chi connectivity index (χ2v) is 8.21. The molecule has 0 fully saturated rings. The third-order valence-corrected chi connectivity index (χ3v) is 5.00. The van der Waals surface area contributed by atoms with E-state index in [9.17, 15) is 0 Å². The van der Waals surface area contributed by atoms with Crippen molar-refractivity contribution in [2.75, 3.05) is 99.0 Å². The predicted octanol–water partition coefficient (Wildman–Crippen LogP) is 2.95. The molecule has 0 saturated carbocycles. The second kappa shape index (κ2) is 33.9. The second-order valence-electron chi connectivity index (χ2n) is 8.21. The fourth-order valence-corrected chi connectivity index (χ4v) is 3.08. The zero-order chi connectivity index (χ0) is 24.8. The lowest BCUT2D eigenvalue weighted by Crippen LogP contribution is -2.27. The van der Waals surface area contributed by atoms with Crippen molar-refractivity contribution in [2.24, 2.45) is 11.5 Å². The molecular weight excluding hydrogens is 476 g/mol. The molecule has 4 N–H and O–H groups in total. The number of halogens is 1. The molecule has 0 heterocycles. The Labute approximate surface area is 220 Å². The van der Waals surface area contributed by atoms with Crippen LogP contribution >= 0.6 is 12.4 Å². The van der Waals surface area contributed by atoms with Gasteiger partial charge in [0.25, 0.3) is 0 Å². The molecule has 214 valence electrons. The van der Waals surface area contributed by atoms with E-state index >= 15 is 0 Å². The Bertz CT molecular complexity index is 375. The van der Waals surface area contributed by atoms with Crippen LogP contribution in [0.25, 0.3) is 0 Å². The summed E-state index contributed by atoms with van der Waals surface area (Å²) in [5.41, 5.74) is 11.4. The molecule has 0 radical (unpaired) electrons. The lowest BCUT2D eigenvalue weighted by molar-refractivity contribution is -0.0206. The Kier molecular flexibility index (Phi) is 35.9. The van der Waals surface area contributed by atoms with Gasteiger partial charge in [-0.05, 0) is 6.42 Å². The van der Waals surface area contributed by atoms with E-state index in [0.29, 0.717) is 99.0 Å². The first-order valence-electron chi connectivity index (χ1n) is 13.3. The Morgan fingerprint density at radius 1 is 0.486 bits per heavy atom. The van der Waals surface area contributed by atoms with E-state index in [1.54, 1.807) is 0 Å². The summed E-state index contributed by atoms with van der Waals surface area (Å²) in [7, 11) is 0. The Hall–Kier alpha value is -0.0700. The van der Waals surface area contributed by atoms with Crippen LogP contribution in [0.15, 0.2) is 0 Å². The van der Waals surface area contributed by atoms with E-state index in [4.69, 9.17) is 44.6 Å². The van der Waals surface area contributed by atoms with Crippen molar-refractivity contribution in [2.45, 2.75) is 64.3 Å². The predicted molar refractivity (Wildman–Crippen MR) is 143 cm³/mol. The first kappa shape index (κ1) is 37.1. The SMILES string of the molecule is CCCCCCCCCC(N)COCCOCCOCCOCCOCCOCCOCCN.Cl. The van der Waals surface area contributed by atoms with Crippen LogP contribution in [0.3, 0.4) is 0 Å². The molecule has 10 heteroatoms. The molecule has 0 aliphatic rings. The average molecular weight is 531 g/mol. The monoisotopic (exact) mass is 530 g/mol. The van der Waals surface area contributed by atoms with Crippen LogP contribution in [-0.2, 0) is 33.2 Å². The summed E-state index contributed by atoms with van der Waals surface area (Å²) in [5, 5.41) is 0. The Morgan fingerprint density at radius 2 is 0.829 bits per heavy atom. The van der Waals surface area contributed by atoms with Gasteiger partial charge in [0.2, 0.25) is 0 Å². The molecule has 9 nitrogen and oxygen atoms in total. The first-order chi connectivity index (χ1) is 16.8. The van der Waals surface area contributed by atoms with Crippen molar-refractivity contribution in [3.05, 3.63) is 0 Å². The molecule has 0 amide bonds. The molecule has 1 unspecified atom stereocenters. The Balaban J connectivity index is 0. The summed E-state index contributed by atoms with van der Waals surface area (Å²) < 4.78 is 38.0. The van der Waals surface area contributed by atoms with Crippen LogP contribution < -0.4 is 11.5 Å². The van der Waals surface area contributed by atoms with Crippen molar-refractivity contribution in [1.82, 2.24) is 0 Å². The highest BCUT2D eigenvalue weighted by Crippen LogP contribution is 2.09. The maximum atomic E-state index is 6.10. The van der Waals surface area contributed by atoms with Gasteiger partial charge in [-0.15, -0.1) is 12.4 Å². The molecule has 1 atom stereocenters. The highest BCUT2D eigenvalue weighted by molar-refractivity contribution is 5.85. The molecule has 35 heavy (non-hydrogen) atoms. The third-order valence-electron chi connectivity index (χ3n) is 5.00. The van der Waals surface area contributed by atoms with Gasteiger partial charge >= 0.3 is 0 Å². The van der Waals surface area contributed by atoms with Gasteiger partial charge in [-0.3, -0.25) is 0 Å². The largest absolute Gasteiger partial charge is 0.378 e. The number of hydrogen-bond donors (Lipinski definition) is 2. The van der Waals surface area contributed by atoms with Crippen molar-refractivity contribution in [1.29, 1.82) is 0 Å². The zero-order valence-electron chi connectivity index (χ0n) is 22.3. The summed E-state index contributed by atoms with van der Waals surface area (Å²) in [6, 6.07) is 0.129. The highest BCUT2D eigenvalue weighted by Gasteiger charge is 2.02. The van der Waals surface area contributed by atoms with Crippen LogP contribution in [0.4, 0.5) is 0 Å². The van der Waals surface area contributed by atoms with Gasteiger partial charge in [-0.2, -0.15) is 0 Å². The lowest BCUT2D eigenvalue weighted by atomic mass is 10.1. The third kappa shape index (κ3) is 33.9. The van der Waals surface area contributed by atoms with Gasteiger partial charge < -0.3 is 44.6 Å². The fourth-order valence-electron chi connectivity index (χ4n) is 3.08. The van der Waals surface area contributed by atoms with E-state index in [-0.39, 0.29) is 18.4 Å². The van der Waals surface area contributed by atoms with E-state index in [2.05, 4.69) is 6.92 Å². The fraction of sp³-hybridized carbons (Fsp3) is 1.00. The van der Waals surface area contributed by atoms with E-state index in [1.807, 2.05) is 0 Å². The summed E-state index contributed by atoms with van der Waals surface area (Å²) >= 11 is 0. The average Bonchev–Trinajstić information content (AvgIpc) is 2.84. The molecule has 0 rings (SSSR count). The number of rotatable bonds is 30. The standard InChI is InChI=1S/C25H54N2O7.ClH/c1-2-3-4-5-6-7-8-9-25(27)24-34-23-22-33-21-20-32-19-18-31-17-16-30-15-14-29-13-12-28-11-10-26;/h25H,2-24,26-27H2,1H3;1H. The molecular formula is C25H55ClN2O7. The minimum atomic E-state index is 0. The topological polar surface area (TPSA) is 117 Å². The van der Waals surface area contributed by atoms with Crippen LogP contribution in [-0.4, -0.2) is 105 Å². The minimum absolute atomic E-state index is 0. The summed E-state index contributed by atoms with van der Waals surface area (Å²) in [6.07, 6.45) is 10.2. The van der Waals surface area contributed by atoms with Crippen molar-refractivity contribution in [3.63, 3.8) is 0 Å². The van der Waals surface area contributed by atoms with E-state index in [0.717, 1.165) is 6.42 Å². The van der Waals surface area contributed by atoms with Crippen molar-refractivity contribution >= 4 is 12.4 Å². The van der Waals surface area contributed by atoms with Crippen LogP contribution in [0.2, 0.25) is 0 Å². The summed E-state index contributed by atoms with van der Waals surface area (Å²) in [5.74, 6) is 0. The number of nitrogens with two attached hydrogens (primary N) is 2. The number of ether oxygens (including phenoxy) is 7. The smallest absolute Gasteiger partial charge is 0.0701 e. The lowest BCUT2D eigenvalue weighted by Gasteiger charge is -2.12. The minimum Gasteiger partial charge on any atom is -0.378 e. The molecule has 0 aliphatic carbocycles. The number of hydrogen-bond acceptors (Lipinski definition) is 9. The van der Waals surface area contributed by atoms with E-state index in [1.165, 1.54) is 44.9 Å². The molecule has 0 aromatic carbocycles. The van der Waals surface area contributed by atoms with Gasteiger partial charge in [0.15, 0.2) is 0 Å². The first-order valence-corrected chi connectivity index (χ1v) is 13.3. The maximum absolute atomic E-state index is 6.10. The highest BCUT2D eigenvalue weighted by atomic mass is 35.5. The molecule has 0 saturated heterocycles. The van der Waals surface area contributed by atoms with Gasteiger partial charge in [-0.1, -0.05) is 51.9 Å². The normalized spacial score (nSPS) is 12.1. The van der Waals surface area contributed by atoms with Crippen molar-refractivity contribution < 1.29 is 33.2 Å². The molecule has 0 bridgehead atoms. The van der Waals surface area contributed by atoms with Crippen LogP contribution in [0, 0.1) is 0 Å². The summed E-state index contributed by atoms with van der Waals surface area (Å²) in [6.45, 7) is 10.6. The number of unbranched alkanes of at least 4 members (excludes halogenated alkanes) is 6. The molecule has 0 aliphatic heterocycles. The van der Waals surface area contributed by atoms with Gasteiger partial charge in [0, 0.05) is 12.6 Å². The quantitative estimate of drug-likeness (QED) is 0.135. The molecule has 0 aromatic heterocycles. The Morgan fingerprint density at radius 3 is 1.23 bits per heavy atom. The van der Waals surface area contributed by atoms with Gasteiger partial charge in [-0.25, -0.2) is 0 Å². The van der Waals surface area contributed by atoms with Gasteiger partial charge in [0.1, 0.15) is 0 Å². The van der Waals surface area contributed by atoms with Crippen LogP contribution in [0.5, 0.6) is 0 Å². The molecule has 0 aromatic rings. The van der Waals surface area contributed by atoms with Crippen molar-refractivity contribution in [3.8, 4) is 0 Å². The zero-order valence-corrected chi connectivity index (χ0v) is 23.1. The maximum Gasteiger partial charge on any atom is 0.0701 e. The molecule has 0 spiro atoms. The summed E-state index contributed by atoms with van der Waals surface area (Å²) in [4.78, 5) is 0. The van der Waals surface area contributed by atoms with Crippen LogP contribution in [0.1, 0.15) is 58.3 Å². The van der Waals surface area contributed by atoms with Gasteiger partial charge in [0.05, 0.1) is 92.5 Å². The van der Waals surface area contributed by atoms with E-state index < -0.39 is 0 Å².